The third-order valence-corrected chi connectivity index (χ3v) is 5.74. The highest BCUT2D eigenvalue weighted by molar-refractivity contribution is 7.91. The molecule has 0 radical (unpaired) electrons. The van der Waals surface area contributed by atoms with Crippen LogP contribution in [0, 0.1) is 11.8 Å². The molecule has 114 valence electrons. The summed E-state index contributed by atoms with van der Waals surface area (Å²) < 4.78 is 23.0. The Balaban J connectivity index is 1.91. The molecule has 2 fully saturated rings. The summed E-state index contributed by atoms with van der Waals surface area (Å²) in [5, 5.41) is 12.1. The van der Waals surface area contributed by atoms with Crippen molar-refractivity contribution in [1.82, 2.24) is 10.2 Å². The number of nitrogens with zero attached hydrogens (tertiary/aromatic N) is 1. The Labute approximate surface area is 118 Å². The first-order chi connectivity index (χ1) is 9.28. The summed E-state index contributed by atoms with van der Waals surface area (Å²) in [7, 11) is -3.06. The fourth-order valence-corrected chi connectivity index (χ4v) is 4.27. The van der Waals surface area contributed by atoms with Crippen molar-refractivity contribution in [2.45, 2.75) is 19.4 Å². The number of likely N-dealkylation sites (tertiary alicyclic amines) is 1. The molecule has 20 heavy (non-hydrogen) atoms. The number of aliphatic carboxylic acids is 1. The number of carbonyl (C=O) groups excluding carboxylic acids is 1. The standard InChI is InChI=1S/C12H20N2O5S/c1-8-5-14(6-10(8)12(16)17)11(15)4-9-7-20(18,19)3-2-13-9/h8-10,13H,2-7H2,1H3,(H,16,17)/t8-,9?,10-/m1/s1. The van der Waals surface area contributed by atoms with E-state index in [0.717, 1.165) is 0 Å². The molecule has 2 aliphatic rings. The normalized spacial score (nSPS) is 33.0. The predicted octanol–water partition coefficient (Wildman–Crippen LogP) is -1.06. The Hall–Kier alpha value is -1.15. The van der Waals surface area contributed by atoms with Crippen LogP contribution in [-0.4, -0.2) is 67.5 Å². The van der Waals surface area contributed by atoms with Gasteiger partial charge in [-0.3, -0.25) is 9.59 Å². The summed E-state index contributed by atoms with van der Waals surface area (Å²) in [6.07, 6.45) is 0.109. The van der Waals surface area contributed by atoms with Crippen LogP contribution in [0.4, 0.5) is 0 Å². The number of hydrogen-bond acceptors (Lipinski definition) is 5. The highest BCUT2D eigenvalue weighted by atomic mass is 32.2. The van der Waals surface area contributed by atoms with Crippen LogP contribution in [0.2, 0.25) is 0 Å². The zero-order chi connectivity index (χ0) is 14.9. The van der Waals surface area contributed by atoms with E-state index in [1.807, 2.05) is 6.92 Å². The van der Waals surface area contributed by atoms with Gasteiger partial charge in [0.05, 0.1) is 17.4 Å². The molecule has 0 spiro atoms. The van der Waals surface area contributed by atoms with Crippen LogP contribution in [-0.2, 0) is 19.4 Å². The largest absolute Gasteiger partial charge is 0.481 e. The fraction of sp³-hybridized carbons (Fsp3) is 0.833. The topological polar surface area (TPSA) is 104 Å². The monoisotopic (exact) mass is 304 g/mol. The van der Waals surface area contributed by atoms with Gasteiger partial charge in [-0.2, -0.15) is 0 Å². The van der Waals surface area contributed by atoms with Crippen LogP contribution in [0.15, 0.2) is 0 Å². The minimum absolute atomic E-state index is 0.0233. The average Bonchev–Trinajstić information content (AvgIpc) is 2.70. The van der Waals surface area contributed by atoms with Crippen molar-refractivity contribution in [2.24, 2.45) is 11.8 Å². The maximum absolute atomic E-state index is 12.1. The SMILES string of the molecule is C[C@@H]1CN(C(=O)CC2CS(=O)(=O)CCN2)C[C@H]1C(=O)O. The van der Waals surface area contributed by atoms with E-state index < -0.39 is 21.7 Å². The molecule has 3 atom stereocenters. The van der Waals surface area contributed by atoms with E-state index in [4.69, 9.17) is 5.11 Å². The van der Waals surface area contributed by atoms with Gasteiger partial charge in [0, 0.05) is 32.1 Å². The molecule has 2 rings (SSSR count). The van der Waals surface area contributed by atoms with E-state index in [9.17, 15) is 18.0 Å². The summed E-state index contributed by atoms with van der Waals surface area (Å²) in [6.45, 7) is 2.83. The van der Waals surface area contributed by atoms with Crippen molar-refractivity contribution in [3.05, 3.63) is 0 Å². The maximum atomic E-state index is 12.1. The van der Waals surface area contributed by atoms with Crippen LogP contribution in [0.1, 0.15) is 13.3 Å². The van der Waals surface area contributed by atoms with E-state index in [0.29, 0.717) is 13.1 Å². The van der Waals surface area contributed by atoms with E-state index in [2.05, 4.69) is 5.32 Å². The van der Waals surface area contributed by atoms with Crippen LogP contribution in [0.5, 0.6) is 0 Å². The van der Waals surface area contributed by atoms with Gasteiger partial charge in [-0.1, -0.05) is 6.92 Å². The van der Waals surface area contributed by atoms with Gasteiger partial charge in [0.2, 0.25) is 5.91 Å². The van der Waals surface area contributed by atoms with Gasteiger partial charge in [-0.15, -0.1) is 0 Å². The van der Waals surface area contributed by atoms with Crippen LogP contribution >= 0.6 is 0 Å². The molecule has 8 heteroatoms. The molecule has 2 heterocycles. The zero-order valence-corrected chi connectivity index (χ0v) is 12.2. The van der Waals surface area contributed by atoms with E-state index in [1.54, 1.807) is 0 Å². The molecule has 0 bridgehead atoms. The lowest BCUT2D eigenvalue weighted by Crippen LogP contribution is -2.47. The van der Waals surface area contributed by atoms with Gasteiger partial charge < -0.3 is 15.3 Å². The molecular formula is C12H20N2O5S. The Morgan fingerprint density at radius 2 is 2.05 bits per heavy atom. The van der Waals surface area contributed by atoms with Crippen molar-refractivity contribution >= 4 is 21.7 Å². The van der Waals surface area contributed by atoms with Gasteiger partial charge >= 0.3 is 5.97 Å². The fourth-order valence-electron chi connectivity index (χ4n) is 2.83. The first-order valence-corrected chi connectivity index (χ1v) is 8.55. The molecule has 2 N–H and O–H groups in total. The molecule has 2 saturated heterocycles. The maximum Gasteiger partial charge on any atom is 0.308 e. The third-order valence-electron chi connectivity index (χ3n) is 4.00. The van der Waals surface area contributed by atoms with E-state index >= 15 is 0 Å². The Morgan fingerprint density at radius 3 is 2.60 bits per heavy atom. The smallest absolute Gasteiger partial charge is 0.308 e. The lowest BCUT2D eigenvalue weighted by Gasteiger charge is -2.25. The van der Waals surface area contributed by atoms with E-state index in [-0.39, 0.29) is 42.3 Å². The number of carbonyl (C=O) groups is 2. The Morgan fingerprint density at radius 1 is 1.35 bits per heavy atom. The number of nitrogens with one attached hydrogen (secondary N) is 1. The number of carboxylic acids is 1. The van der Waals surface area contributed by atoms with Gasteiger partial charge in [0.15, 0.2) is 9.84 Å². The van der Waals surface area contributed by atoms with Crippen LogP contribution < -0.4 is 5.32 Å². The van der Waals surface area contributed by atoms with Crippen molar-refractivity contribution in [3.63, 3.8) is 0 Å². The molecule has 0 aromatic carbocycles. The Kier molecular flexibility index (Phi) is 4.33. The van der Waals surface area contributed by atoms with Crippen LogP contribution in [0.3, 0.4) is 0 Å². The number of carboxylic acid groups (broad SMARTS) is 1. The van der Waals surface area contributed by atoms with Gasteiger partial charge in [-0.25, -0.2) is 8.42 Å². The summed E-state index contributed by atoms with van der Waals surface area (Å²) >= 11 is 0. The number of sulfone groups is 1. The van der Waals surface area contributed by atoms with Crippen molar-refractivity contribution in [2.75, 3.05) is 31.1 Å². The molecule has 1 amide bonds. The number of amides is 1. The molecule has 7 nitrogen and oxygen atoms in total. The zero-order valence-electron chi connectivity index (χ0n) is 11.4. The summed E-state index contributed by atoms with van der Waals surface area (Å²) in [4.78, 5) is 24.7. The van der Waals surface area contributed by atoms with Crippen molar-refractivity contribution in [3.8, 4) is 0 Å². The molecule has 0 aromatic rings. The summed E-state index contributed by atoms with van der Waals surface area (Å²) in [5.74, 6) is -1.56. The molecule has 2 aliphatic heterocycles. The second-order valence-electron chi connectivity index (χ2n) is 5.69. The highest BCUT2D eigenvalue weighted by Gasteiger charge is 2.37. The highest BCUT2D eigenvalue weighted by Crippen LogP contribution is 2.24. The second-order valence-corrected chi connectivity index (χ2v) is 7.92. The average molecular weight is 304 g/mol. The van der Waals surface area contributed by atoms with Crippen LogP contribution in [0.25, 0.3) is 0 Å². The van der Waals surface area contributed by atoms with Gasteiger partial charge in [-0.05, 0) is 5.92 Å². The van der Waals surface area contributed by atoms with Gasteiger partial charge in [0.1, 0.15) is 0 Å². The molecule has 1 unspecified atom stereocenters. The number of hydrogen-bond donors (Lipinski definition) is 2. The first kappa shape index (κ1) is 15.2. The molecular weight excluding hydrogens is 284 g/mol. The Bertz CT molecular complexity index is 504. The summed E-state index contributed by atoms with van der Waals surface area (Å²) in [5.41, 5.74) is 0. The third kappa shape index (κ3) is 3.49. The lowest BCUT2D eigenvalue weighted by molar-refractivity contribution is -0.142. The second kappa shape index (κ2) is 5.69. The van der Waals surface area contributed by atoms with Gasteiger partial charge in [0.25, 0.3) is 0 Å². The minimum atomic E-state index is -3.06. The quantitative estimate of drug-likeness (QED) is 0.689. The summed E-state index contributed by atoms with van der Waals surface area (Å²) in [6, 6.07) is -0.361. The minimum Gasteiger partial charge on any atom is -0.481 e. The van der Waals surface area contributed by atoms with Crippen molar-refractivity contribution in [1.29, 1.82) is 0 Å². The molecule has 0 saturated carbocycles. The predicted molar refractivity (Wildman–Crippen MR) is 71.9 cm³/mol. The van der Waals surface area contributed by atoms with E-state index in [1.165, 1.54) is 4.90 Å². The first-order valence-electron chi connectivity index (χ1n) is 6.73. The number of rotatable bonds is 3. The lowest BCUT2D eigenvalue weighted by atomic mass is 9.99. The molecule has 0 aromatic heterocycles. The molecule has 0 aliphatic carbocycles. The van der Waals surface area contributed by atoms with Crippen molar-refractivity contribution < 1.29 is 23.1 Å².